The molecule has 0 spiro atoms. The highest BCUT2D eigenvalue weighted by atomic mass is 16.6. The predicted molar refractivity (Wildman–Crippen MR) is 161 cm³/mol. The van der Waals surface area contributed by atoms with Gasteiger partial charge in [-0.05, 0) is 61.1 Å². The van der Waals surface area contributed by atoms with E-state index < -0.39 is 11.9 Å². The number of ketones is 1. The van der Waals surface area contributed by atoms with Crippen molar-refractivity contribution in [2.45, 2.75) is 44.9 Å². The van der Waals surface area contributed by atoms with Crippen molar-refractivity contribution in [1.29, 1.82) is 0 Å². The van der Waals surface area contributed by atoms with Crippen LogP contribution in [0.1, 0.15) is 56.1 Å². The van der Waals surface area contributed by atoms with E-state index in [0.29, 0.717) is 53.5 Å². The van der Waals surface area contributed by atoms with Gasteiger partial charge >= 0.3 is 5.97 Å². The lowest BCUT2D eigenvalue weighted by atomic mass is 9.71. The minimum Gasteiger partial charge on any atom is -0.493 e. The van der Waals surface area contributed by atoms with E-state index in [-0.39, 0.29) is 24.9 Å². The number of carbonyl (C=O) groups is 2. The van der Waals surface area contributed by atoms with Gasteiger partial charge in [-0.15, -0.1) is 0 Å². The lowest BCUT2D eigenvalue weighted by Crippen LogP contribution is -2.36. The van der Waals surface area contributed by atoms with Crippen LogP contribution in [0.2, 0.25) is 0 Å². The number of hydrogen-bond donors (Lipinski definition) is 1. The highest BCUT2D eigenvalue weighted by Crippen LogP contribution is 2.47. The molecule has 1 heterocycles. The normalized spacial score (nSPS) is 18.2. The topological polar surface area (TPSA) is 83.1 Å². The Kier molecular flexibility index (Phi) is 9.27. The van der Waals surface area contributed by atoms with Crippen LogP contribution in [0.3, 0.4) is 0 Å². The van der Waals surface area contributed by atoms with Gasteiger partial charge in [0.05, 0.1) is 19.3 Å². The largest absolute Gasteiger partial charge is 0.493 e. The molecule has 1 aliphatic carbocycles. The van der Waals surface area contributed by atoms with Gasteiger partial charge in [-0.25, -0.2) is 4.79 Å². The van der Waals surface area contributed by atoms with Crippen molar-refractivity contribution >= 4 is 11.8 Å². The summed E-state index contributed by atoms with van der Waals surface area (Å²) in [6, 6.07) is 25.1. The van der Waals surface area contributed by atoms with Crippen molar-refractivity contribution in [1.82, 2.24) is 5.32 Å². The van der Waals surface area contributed by atoms with Gasteiger partial charge in [0.15, 0.2) is 17.3 Å². The average molecular weight is 568 g/mol. The van der Waals surface area contributed by atoms with Crippen LogP contribution in [0.4, 0.5) is 0 Å². The van der Waals surface area contributed by atoms with Crippen LogP contribution in [0.25, 0.3) is 0 Å². The Morgan fingerprint density at radius 2 is 1.60 bits per heavy atom. The first-order valence-electron chi connectivity index (χ1n) is 14.4. The molecular formula is C35H37NO6. The molecule has 0 radical (unpaired) electrons. The third-order valence-corrected chi connectivity index (χ3v) is 7.63. The quantitative estimate of drug-likeness (QED) is 0.210. The highest BCUT2D eigenvalue weighted by molar-refractivity contribution is 6.04. The third-order valence-electron chi connectivity index (χ3n) is 7.63. The summed E-state index contributed by atoms with van der Waals surface area (Å²) < 4.78 is 23.0. The summed E-state index contributed by atoms with van der Waals surface area (Å²) in [7, 11) is 1.59. The molecule has 2 atom stereocenters. The van der Waals surface area contributed by atoms with Crippen LogP contribution < -0.4 is 19.5 Å². The van der Waals surface area contributed by atoms with E-state index in [1.54, 1.807) is 7.11 Å². The number of nitrogens with one attached hydrogen (secondary N) is 1. The zero-order valence-electron chi connectivity index (χ0n) is 24.4. The molecule has 218 valence electrons. The van der Waals surface area contributed by atoms with Crippen LogP contribution in [0.15, 0.2) is 101 Å². The molecule has 0 aromatic heterocycles. The molecule has 3 aromatic carbocycles. The number of para-hydroxylation sites is 1. The second kappa shape index (κ2) is 13.4. The van der Waals surface area contributed by atoms with E-state index in [1.807, 2.05) is 80.6 Å². The lowest BCUT2D eigenvalue weighted by Gasteiger charge is -2.36. The van der Waals surface area contributed by atoms with Crippen LogP contribution in [0, 0.1) is 0 Å². The zero-order valence-corrected chi connectivity index (χ0v) is 24.4. The second-order valence-corrected chi connectivity index (χ2v) is 10.5. The Hall–Kier alpha value is -4.52. The Labute approximate surface area is 247 Å². The molecule has 0 saturated carbocycles. The number of esters is 1. The first kappa shape index (κ1) is 29.0. The van der Waals surface area contributed by atoms with Crippen molar-refractivity contribution in [2.24, 2.45) is 0 Å². The van der Waals surface area contributed by atoms with Gasteiger partial charge in [0.25, 0.3) is 0 Å². The fourth-order valence-corrected chi connectivity index (χ4v) is 5.69. The number of methoxy groups -OCH3 is 1. The molecule has 0 saturated heterocycles. The number of carbonyl (C=O) groups excluding carboxylic acids is 2. The number of ether oxygens (including phenoxy) is 4. The SMILES string of the molecule is CCCOc1ccc([C@H]2C(C(=O)OCCOc3ccccc3)=C(C)NC3=C2C(=O)C[C@H](c2ccccc2)C3)cc1OC. The minimum atomic E-state index is -0.609. The third kappa shape index (κ3) is 6.35. The Morgan fingerprint density at radius 1 is 0.857 bits per heavy atom. The van der Waals surface area contributed by atoms with E-state index in [9.17, 15) is 9.59 Å². The summed E-state index contributed by atoms with van der Waals surface area (Å²) in [6.07, 6.45) is 1.89. The van der Waals surface area contributed by atoms with Crippen LogP contribution >= 0.6 is 0 Å². The maximum atomic E-state index is 13.9. The molecular weight excluding hydrogens is 530 g/mol. The molecule has 7 heteroatoms. The van der Waals surface area contributed by atoms with E-state index >= 15 is 0 Å². The lowest BCUT2D eigenvalue weighted by molar-refractivity contribution is -0.140. The molecule has 0 amide bonds. The smallest absolute Gasteiger partial charge is 0.336 e. The number of dihydropyridines is 1. The summed E-state index contributed by atoms with van der Waals surface area (Å²) in [5.74, 6) is 0.842. The van der Waals surface area contributed by atoms with E-state index in [4.69, 9.17) is 18.9 Å². The molecule has 0 fully saturated rings. The number of benzene rings is 3. The summed E-state index contributed by atoms with van der Waals surface area (Å²) in [5.41, 5.74) is 4.41. The second-order valence-electron chi connectivity index (χ2n) is 10.5. The van der Waals surface area contributed by atoms with Gasteiger partial charge in [0, 0.05) is 29.3 Å². The van der Waals surface area contributed by atoms with Crippen molar-refractivity contribution in [3.63, 3.8) is 0 Å². The molecule has 1 aliphatic heterocycles. The van der Waals surface area contributed by atoms with Crippen LogP contribution in [0.5, 0.6) is 17.2 Å². The maximum absolute atomic E-state index is 13.9. The highest BCUT2D eigenvalue weighted by Gasteiger charge is 2.41. The maximum Gasteiger partial charge on any atom is 0.336 e. The van der Waals surface area contributed by atoms with Crippen LogP contribution in [-0.4, -0.2) is 38.7 Å². The molecule has 7 nitrogen and oxygen atoms in total. The standard InChI is InChI=1S/C35H37NO6/c1-4-17-41-30-16-15-25(22-31(30)39-3)33-32(35(38)42-19-18-40-27-13-9-6-10-14-27)23(2)36-28-20-26(21-29(37)34(28)33)24-11-7-5-8-12-24/h5-16,22,26,33,36H,4,17-21H2,1-3H3/t26-,33+/m1/s1. The van der Waals surface area contributed by atoms with Crippen LogP contribution in [-0.2, 0) is 14.3 Å². The fraction of sp³-hybridized carbons (Fsp3) is 0.314. The Bertz CT molecular complexity index is 1480. The van der Waals surface area contributed by atoms with Gasteiger partial charge < -0.3 is 24.3 Å². The molecule has 42 heavy (non-hydrogen) atoms. The monoisotopic (exact) mass is 567 g/mol. The number of hydrogen-bond acceptors (Lipinski definition) is 7. The Balaban J connectivity index is 1.46. The molecule has 1 N–H and O–H groups in total. The summed E-state index contributed by atoms with van der Waals surface area (Å²) in [6.45, 7) is 4.74. The summed E-state index contributed by atoms with van der Waals surface area (Å²) in [4.78, 5) is 27.6. The zero-order chi connectivity index (χ0) is 29.5. The van der Waals surface area contributed by atoms with Gasteiger partial charge in [-0.1, -0.05) is 61.5 Å². The van der Waals surface area contributed by atoms with Crippen molar-refractivity contribution in [3.05, 3.63) is 113 Å². The molecule has 3 aromatic rings. The molecule has 2 aliphatic rings. The molecule has 0 unspecified atom stereocenters. The van der Waals surface area contributed by atoms with Crippen molar-refractivity contribution < 1.29 is 28.5 Å². The van der Waals surface area contributed by atoms with E-state index in [2.05, 4.69) is 17.4 Å². The van der Waals surface area contributed by atoms with Crippen molar-refractivity contribution in [3.8, 4) is 17.2 Å². The van der Waals surface area contributed by atoms with Gasteiger partial charge in [-0.2, -0.15) is 0 Å². The Morgan fingerprint density at radius 3 is 2.31 bits per heavy atom. The van der Waals surface area contributed by atoms with E-state index in [1.165, 1.54) is 0 Å². The van der Waals surface area contributed by atoms with Gasteiger partial charge in [0.1, 0.15) is 19.0 Å². The number of rotatable bonds is 11. The predicted octanol–water partition coefficient (Wildman–Crippen LogP) is 6.47. The summed E-state index contributed by atoms with van der Waals surface area (Å²) >= 11 is 0. The number of allylic oxidation sites excluding steroid dienone is 3. The van der Waals surface area contributed by atoms with Gasteiger partial charge in [-0.3, -0.25) is 4.79 Å². The fourth-order valence-electron chi connectivity index (χ4n) is 5.69. The molecule has 5 rings (SSSR count). The first-order chi connectivity index (χ1) is 20.5. The van der Waals surface area contributed by atoms with Crippen molar-refractivity contribution in [2.75, 3.05) is 26.9 Å². The number of Topliss-reactive ketones (excluding diaryl/α,β-unsaturated/α-hetero) is 1. The molecule has 0 bridgehead atoms. The van der Waals surface area contributed by atoms with Gasteiger partial charge in [0.2, 0.25) is 0 Å². The first-order valence-corrected chi connectivity index (χ1v) is 14.4. The van der Waals surface area contributed by atoms with E-state index in [0.717, 1.165) is 23.2 Å². The minimum absolute atomic E-state index is 0.0121. The average Bonchev–Trinajstić information content (AvgIpc) is 3.02. The summed E-state index contributed by atoms with van der Waals surface area (Å²) in [5, 5.41) is 3.41.